The van der Waals surface area contributed by atoms with Crippen LogP contribution in [0.3, 0.4) is 0 Å². The molecule has 0 aliphatic heterocycles. The first-order valence-corrected chi connectivity index (χ1v) is 4.61. The summed E-state index contributed by atoms with van der Waals surface area (Å²) in [5.41, 5.74) is 0.643. The van der Waals surface area contributed by atoms with Crippen LogP contribution in [-0.2, 0) is 0 Å². The Morgan fingerprint density at radius 2 is 2.23 bits per heavy atom. The van der Waals surface area contributed by atoms with Crippen molar-refractivity contribution in [1.29, 1.82) is 0 Å². The summed E-state index contributed by atoms with van der Waals surface area (Å²) >= 11 is 1.12. The highest BCUT2D eigenvalue weighted by Gasteiger charge is 2.12. The summed E-state index contributed by atoms with van der Waals surface area (Å²) in [4.78, 5) is 0. The van der Waals surface area contributed by atoms with Gasteiger partial charge in [0.05, 0.1) is 17.9 Å². The topological polar surface area (TPSA) is 64.7 Å². The summed E-state index contributed by atoms with van der Waals surface area (Å²) in [6.07, 6.45) is 1.61. The van der Waals surface area contributed by atoms with E-state index >= 15 is 0 Å². The molecule has 0 aliphatic rings. The normalized spacial score (nSPS) is 11.0. The van der Waals surface area contributed by atoms with Gasteiger partial charge in [0.1, 0.15) is 0 Å². The minimum absolute atomic E-state index is 0.243. The highest BCUT2D eigenvalue weighted by Crippen LogP contribution is 2.19. The van der Waals surface area contributed by atoms with Gasteiger partial charge in [0.25, 0.3) is 5.89 Å². The van der Waals surface area contributed by atoms with Crippen LogP contribution in [0.4, 0.5) is 0 Å². The van der Waals surface area contributed by atoms with Gasteiger partial charge in [-0.2, -0.15) is 8.75 Å². The molecule has 0 spiro atoms. The summed E-state index contributed by atoms with van der Waals surface area (Å²) < 4.78 is 13.2. The first-order chi connectivity index (χ1) is 6.27. The molecule has 0 amide bonds. The van der Waals surface area contributed by atoms with Crippen molar-refractivity contribution < 1.29 is 4.42 Å². The summed E-state index contributed by atoms with van der Waals surface area (Å²) in [7, 11) is 0. The number of aromatic nitrogens is 4. The van der Waals surface area contributed by atoms with Crippen LogP contribution >= 0.6 is 11.7 Å². The molecule has 0 fully saturated rings. The van der Waals surface area contributed by atoms with Crippen LogP contribution in [0.5, 0.6) is 0 Å². The molecule has 0 saturated carbocycles. The van der Waals surface area contributed by atoms with Crippen LogP contribution in [0.15, 0.2) is 10.6 Å². The Morgan fingerprint density at radius 3 is 2.77 bits per heavy atom. The predicted octanol–water partition coefficient (Wildman–Crippen LogP) is 1.71. The van der Waals surface area contributed by atoms with Gasteiger partial charge in [0, 0.05) is 5.92 Å². The van der Waals surface area contributed by atoms with E-state index in [1.54, 1.807) is 6.20 Å². The van der Waals surface area contributed by atoms with Crippen LogP contribution in [-0.4, -0.2) is 18.9 Å². The van der Waals surface area contributed by atoms with E-state index in [9.17, 15) is 0 Å². The largest absolute Gasteiger partial charge is 0.419 e. The maximum absolute atomic E-state index is 5.37. The second-order valence-corrected chi connectivity index (χ2v) is 3.45. The quantitative estimate of drug-likeness (QED) is 0.731. The molecule has 2 aromatic heterocycles. The van der Waals surface area contributed by atoms with Crippen LogP contribution in [0.25, 0.3) is 11.6 Å². The fraction of sp³-hybridized carbons (Fsp3) is 0.429. The molecule has 0 bridgehead atoms. The molecule has 2 heterocycles. The Bertz CT molecular complexity index is 381. The zero-order chi connectivity index (χ0) is 9.26. The average Bonchev–Trinajstić information content (AvgIpc) is 2.75. The van der Waals surface area contributed by atoms with Crippen molar-refractivity contribution in [3.8, 4) is 11.6 Å². The van der Waals surface area contributed by atoms with Gasteiger partial charge >= 0.3 is 0 Å². The minimum Gasteiger partial charge on any atom is -0.419 e. The lowest BCUT2D eigenvalue weighted by molar-refractivity contribution is 0.480. The molecular weight excluding hydrogens is 188 g/mol. The molecule has 0 aliphatic carbocycles. The fourth-order valence-electron chi connectivity index (χ4n) is 0.830. The van der Waals surface area contributed by atoms with E-state index in [0.29, 0.717) is 17.5 Å². The third kappa shape index (κ3) is 1.57. The molecule has 68 valence electrons. The van der Waals surface area contributed by atoms with E-state index in [2.05, 4.69) is 18.9 Å². The monoisotopic (exact) mass is 196 g/mol. The molecule has 0 aromatic carbocycles. The third-order valence-electron chi connectivity index (χ3n) is 1.51. The molecule has 0 atom stereocenters. The maximum Gasteiger partial charge on any atom is 0.269 e. The molecule has 0 unspecified atom stereocenters. The number of nitrogens with zero attached hydrogens (tertiary/aromatic N) is 4. The smallest absolute Gasteiger partial charge is 0.269 e. The van der Waals surface area contributed by atoms with E-state index in [4.69, 9.17) is 4.42 Å². The van der Waals surface area contributed by atoms with Crippen molar-refractivity contribution in [2.24, 2.45) is 0 Å². The van der Waals surface area contributed by atoms with Crippen molar-refractivity contribution in [2.45, 2.75) is 19.8 Å². The zero-order valence-electron chi connectivity index (χ0n) is 7.26. The van der Waals surface area contributed by atoms with Gasteiger partial charge in [0.2, 0.25) is 5.89 Å². The van der Waals surface area contributed by atoms with Gasteiger partial charge in [-0.05, 0) is 0 Å². The average molecular weight is 196 g/mol. The Balaban J connectivity index is 2.33. The maximum atomic E-state index is 5.37. The first-order valence-electron chi connectivity index (χ1n) is 3.88. The second-order valence-electron chi connectivity index (χ2n) is 2.89. The Morgan fingerprint density at radius 1 is 1.38 bits per heavy atom. The van der Waals surface area contributed by atoms with E-state index in [-0.39, 0.29) is 5.92 Å². The molecule has 0 N–H and O–H groups in total. The first kappa shape index (κ1) is 8.31. The van der Waals surface area contributed by atoms with Crippen LogP contribution in [0.1, 0.15) is 25.7 Å². The van der Waals surface area contributed by atoms with Crippen LogP contribution in [0, 0.1) is 0 Å². The Kier molecular flexibility index (Phi) is 2.05. The molecule has 0 radical (unpaired) electrons. The lowest BCUT2D eigenvalue weighted by Gasteiger charge is -1.92. The number of rotatable bonds is 2. The predicted molar refractivity (Wildman–Crippen MR) is 47.3 cm³/mol. The van der Waals surface area contributed by atoms with Crippen molar-refractivity contribution >= 4 is 11.7 Å². The Hall–Kier alpha value is -1.30. The summed E-state index contributed by atoms with van der Waals surface area (Å²) in [6, 6.07) is 0. The van der Waals surface area contributed by atoms with Gasteiger partial charge in [0.15, 0.2) is 5.69 Å². The molecule has 2 aromatic rings. The van der Waals surface area contributed by atoms with Crippen molar-refractivity contribution in [3.05, 3.63) is 12.1 Å². The number of hydrogen-bond donors (Lipinski definition) is 0. The van der Waals surface area contributed by atoms with Crippen LogP contribution < -0.4 is 0 Å². The van der Waals surface area contributed by atoms with Gasteiger partial charge in [-0.15, -0.1) is 10.2 Å². The van der Waals surface area contributed by atoms with Gasteiger partial charge in [-0.3, -0.25) is 0 Å². The van der Waals surface area contributed by atoms with Crippen LogP contribution in [0.2, 0.25) is 0 Å². The molecule has 6 heteroatoms. The lowest BCUT2D eigenvalue weighted by atomic mass is 10.2. The van der Waals surface area contributed by atoms with E-state index in [0.717, 1.165) is 11.7 Å². The highest BCUT2D eigenvalue weighted by molar-refractivity contribution is 6.99. The Labute approximate surface area is 79.1 Å². The van der Waals surface area contributed by atoms with Crippen molar-refractivity contribution in [1.82, 2.24) is 18.9 Å². The molecular formula is C7H8N4OS. The van der Waals surface area contributed by atoms with Gasteiger partial charge < -0.3 is 4.42 Å². The third-order valence-corrected chi connectivity index (χ3v) is 1.99. The molecule has 2 rings (SSSR count). The standard InChI is InChI=1S/C7H8N4OS/c1-4(2)6-9-10-7(12-6)5-3-8-13-11-5/h3-4H,1-2H3. The molecule has 13 heavy (non-hydrogen) atoms. The fourth-order valence-corrected chi connectivity index (χ4v) is 1.24. The minimum atomic E-state index is 0.243. The summed E-state index contributed by atoms with van der Waals surface area (Å²) in [6.45, 7) is 3.99. The van der Waals surface area contributed by atoms with Crippen molar-refractivity contribution in [2.75, 3.05) is 0 Å². The zero-order valence-corrected chi connectivity index (χ0v) is 8.08. The van der Waals surface area contributed by atoms with E-state index in [1.165, 1.54) is 0 Å². The van der Waals surface area contributed by atoms with Gasteiger partial charge in [-0.25, -0.2) is 0 Å². The van der Waals surface area contributed by atoms with E-state index in [1.807, 2.05) is 13.8 Å². The van der Waals surface area contributed by atoms with Gasteiger partial charge in [-0.1, -0.05) is 13.8 Å². The molecule has 0 saturated heterocycles. The summed E-state index contributed by atoms with van der Waals surface area (Å²) in [5, 5.41) is 7.76. The second kappa shape index (κ2) is 3.21. The van der Waals surface area contributed by atoms with E-state index < -0.39 is 0 Å². The SMILES string of the molecule is CC(C)c1nnc(-c2cnsn2)o1. The number of hydrogen-bond acceptors (Lipinski definition) is 6. The highest BCUT2D eigenvalue weighted by atomic mass is 32.1. The van der Waals surface area contributed by atoms with Crippen molar-refractivity contribution in [3.63, 3.8) is 0 Å². The lowest BCUT2D eigenvalue weighted by Crippen LogP contribution is -1.85. The molecule has 5 nitrogen and oxygen atoms in total. The summed E-state index contributed by atoms with van der Waals surface area (Å²) in [5.74, 6) is 1.31.